The van der Waals surface area contributed by atoms with E-state index in [1.165, 1.54) is 0 Å². The lowest BCUT2D eigenvalue weighted by molar-refractivity contribution is 0.252. The van der Waals surface area contributed by atoms with Crippen LogP contribution in [-0.2, 0) is 0 Å². The quantitative estimate of drug-likeness (QED) is 0.820. The Morgan fingerprint density at radius 2 is 1.58 bits per heavy atom. The predicted octanol–water partition coefficient (Wildman–Crippen LogP) is 3.71. The summed E-state index contributed by atoms with van der Waals surface area (Å²) in [7, 11) is 0. The molecule has 2 aromatic rings. The van der Waals surface area contributed by atoms with E-state index in [1.807, 2.05) is 42.5 Å². The number of hydrogen-bond donors (Lipinski definition) is 2. The maximum atomic E-state index is 11.4. The van der Waals surface area contributed by atoms with Crippen molar-refractivity contribution in [3.05, 3.63) is 54.6 Å². The van der Waals surface area contributed by atoms with Gasteiger partial charge in [-0.2, -0.15) is 0 Å². The summed E-state index contributed by atoms with van der Waals surface area (Å²) in [4.78, 5) is 11.4. The number of halogens is 1. The minimum absolute atomic E-state index is 0.242. The fourth-order valence-electron chi connectivity index (χ4n) is 1.71. The Balaban J connectivity index is 2.01. The molecule has 0 heterocycles. The second-order valence-electron chi connectivity index (χ2n) is 4.01. The third-order valence-corrected chi connectivity index (χ3v) is 2.82. The van der Waals surface area contributed by atoms with Gasteiger partial charge >= 0.3 is 6.03 Å². The molecule has 0 fully saturated rings. The molecule has 0 saturated heterocycles. The summed E-state index contributed by atoms with van der Waals surface area (Å²) in [5.74, 6) is 0.403. The predicted molar refractivity (Wildman–Crippen MR) is 79.6 cm³/mol. The standard InChI is InChI=1S/C15H15ClN2O/c16-10-11-17-15(19)18-14-8-6-13(7-9-14)12-4-2-1-3-5-12/h1-9H,10-11H2,(H2,17,18,19). The van der Waals surface area contributed by atoms with Crippen LogP contribution < -0.4 is 10.6 Å². The second kappa shape index (κ2) is 6.81. The van der Waals surface area contributed by atoms with Gasteiger partial charge in [-0.05, 0) is 23.3 Å². The van der Waals surface area contributed by atoms with E-state index < -0.39 is 0 Å². The molecule has 0 aliphatic heterocycles. The van der Waals surface area contributed by atoms with Crippen LogP contribution in [0, 0.1) is 0 Å². The summed E-state index contributed by atoms with van der Waals surface area (Å²) in [5.41, 5.74) is 3.03. The van der Waals surface area contributed by atoms with Crippen molar-refractivity contribution in [1.82, 2.24) is 5.32 Å². The molecule has 2 N–H and O–H groups in total. The Labute approximate surface area is 117 Å². The first-order valence-electron chi connectivity index (χ1n) is 6.06. The van der Waals surface area contributed by atoms with Gasteiger partial charge in [0.05, 0.1) is 0 Å². The van der Waals surface area contributed by atoms with Crippen molar-refractivity contribution in [2.75, 3.05) is 17.7 Å². The summed E-state index contributed by atoms with van der Waals surface area (Å²) in [6.07, 6.45) is 0. The van der Waals surface area contributed by atoms with Crippen molar-refractivity contribution in [1.29, 1.82) is 0 Å². The van der Waals surface area contributed by atoms with Gasteiger partial charge < -0.3 is 10.6 Å². The number of urea groups is 1. The van der Waals surface area contributed by atoms with Gasteiger partial charge in [0.1, 0.15) is 0 Å². The fourth-order valence-corrected chi connectivity index (χ4v) is 1.81. The number of carbonyl (C=O) groups excluding carboxylic acids is 1. The first-order chi connectivity index (χ1) is 9.29. The Kier molecular flexibility index (Phi) is 4.81. The molecule has 0 aliphatic carbocycles. The molecule has 0 saturated carbocycles. The van der Waals surface area contributed by atoms with Crippen LogP contribution in [0.25, 0.3) is 11.1 Å². The summed E-state index contributed by atoms with van der Waals surface area (Å²) in [6.45, 7) is 0.454. The van der Waals surface area contributed by atoms with Crippen molar-refractivity contribution in [2.24, 2.45) is 0 Å². The highest BCUT2D eigenvalue weighted by Crippen LogP contribution is 2.20. The van der Waals surface area contributed by atoms with E-state index >= 15 is 0 Å². The third kappa shape index (κ3) is 4.00. The lowest BCUT2D eigenvalue weighted by atomic mass is 10.1. The topological polar surface area (TPSA) is 41.1 Å². The first-order valence-corrected chi connectivity index (χ1v) is 6.59. The van der Waals surface area contributed by atoms with E-state index in [4.69, 9.17) is 11.6 Å². The third-order valence-electron chi connectivity index (χ3n) is 2.63. The van der Waals surface area contributed by atoms with Gasteiger partial charge in [-0.1, -0.05) is 42.5 Å². The van der Waals surface area contributed by atoms with Gasteiger partial charge in [0, 0.05) is 18.1 Å². The van der Waals surface area contributed by atoms with Crippen LogP contribution in [0.4, 0.5) is 10.5 Å². The zero-order chi connectivity index (χ0) is 13.5. The Morgan fingerprint density at radius 3 is 2.21 bits per heavy atom. The number of anilines is 1. The SMILES string of the molecule is O=C(NCCCl)Nc1ccc(-c2ccccc2)cc1. The molecule has 19 heavy (non-hydrogen) atoms. The molecule has 0 radical (unpaired) electrons. The van der Waals surface area contributed by atoms with Gasteiger partial charge in [-0.15, -0.1) is 11.6 Å². The zero-order valence-electron chi connectivity index (χ0n) is 10.4. The smallest absolute Gasteiger partial charge is 0.319 e. The number of hydrogen-bond acceptors (Lipinski definition) is 1. The molecule has 0 spiro atoms. The van der Waals surface area contributed by atoms with Crippen LogP contribution >= 0.6 is 11.6 Å². The molecule has 0 atom stereocenters. The number of rotatable bonds is 4. The average molecular weight is 275 g/mol. The molecule has 2 rings (SSSR count). The minimum atomic E-state index is -0.242. The zero-order valence-corrected chi connectivity index (χ0v) is 11.2. The first kappa shape index (κ1) is 13.4. The highest BCUT2D eigenvalue weighted by atomic mass is 35.5. The maximum Gasteiger partial charge on any atom is 0.319 e. The van der Waals surface area contributed by atoms with Crippen LogP contribution in [0.15, 0.2) is 54.6 Å². The van der Waals surface area contributed by atoms with Gasteiger partial charge in [0.25, 0.3) is 0 Å². The van der Waals surface area contributed by atoms with E-state index in [9.17, 15) is 4.79 Å². The summed E-state index contributed by atoms with van der Waals surface area (Å²) >= 11 is 5.49. The van der Waals surface area contributed by atoms with E-state index in [0.29, 0.717) is 12.4 Å². The molecule has 2 aromatic carbocycles. The van der Waals surface area contributed by atoms with Crippen molar-refractivity contribution < 1.29 is 4.79 Å². The van der Waals surface area contributed by atoms with Crippen LogP contribution in [0.2, 0.25) is 0 Å². The number of benzene rings is 2. The Hall–Kier alpha value is -2.00. The average Bonchev–Trinajstić information content (AvgIpc) is 2.47. The van der Waals surface area contributed by atoms with E-state index in [1.54, 1.807) is 0 Å². The summed E-state index contributed by atoms with van der Waals surface area (Å²) in [6, 6.07) is 17.6. The van der Waals surface area contributed by atoms with E-state index in [2.05, 4.69) is 22.8 Å². The van der Waals surface area contributed by atoms with Crippen molar-refractivity contribution in [3.8, 4) is 11.1 Å². The van der Waals surface area contributed by atoms with Crippen molar-refractivity contribution >= 4 is 23.3 Å². The molecule has 98 valence electrons. The van der Waals surface area contributed by atoms with Crippen LogP contribution in [0.5, 0.6) is 0 Å². The highest BCUT2D eigenvalue weighted by Gasteiger charge is 2.01. The Bertz CT molecular complexity index is 526. The number of nitrogens with one attached hydrogen (secondary N) is 2. The molecule has 0 unspecified atom stereocenters. The Morgan fingerprint density at radius 1 is 0.947 bits per heavy atom. The lowest BCUT2D eigenvalue weighted by Gasteiger charge is -2.07. The number of alkyl halides is 1. The lowest BCUT2D eigenvalue weighted by Crippen LogP contribution is -2.30. The summed E-state index contributed by atoms with van der Waals surface area (Å²) in [5, 5.41) is 5.39. The summed E-state index contributed by atoms with van der Waals surface area (Å²) < 4.78 is 0. The molecule has 0 bridgehead atoms. The van der Waals surface area contributed by atoms with Crippen molar-refractivity contribution in [2.45, 2.75) is 0 Å². The van der Waals surface area contributed by atoms with Gasteiger partial charge in [-0.3, -0.25) is 0 Å². The highest BCUT2D eigenvalue weighted by molar-refractivity contribution is 6.18. The molecular formula is C15H15ClN2O. The molecule has 2 amide bonds. The second-order valence-corrected chi connectivity index (χ2v) is 4.39. The van der Waals surface area contributed by atoms with E-state index in [0.717, 1.165) is 16.8 Å². The maximum absolute atomic E-state index is 11.4. The fraction of sp³-hybridized carbons (Fsp3) is 0.133. The largest absolute Gasteiger partial charge is 0.337 e. The van der Waals surface area contributed by atoms with Gasteiger partial charge in [0.2, 0.25) is 0 Å². The molecular weight excluding hydrogens is 260 g/mol. The molecule has 0 aromatic heterocycles. The van der Waals surface area contributed by atoms with Crippen LogP contribution in [-0.4, -0.2) is 18.5 Å². The molecule has 3 nitrogen and oxygen atoms in total. The minimum Gasteiger partial charge on any atom is -0.337 e. The van der Waals surface area contributed by atoms with Crippen molar-refractivity contribution in [3.63, 3.8) is 0 Å². The normalized spacial score (nSPS) is 9.95. The van der Waals surface area contributed by atoms with Gasteiger partial charge in [-0.25, -0.2) is 4.79 Å². The van der Waals surface area contributed by atoms with E-state index in [-0.39, 0.29) is 6.03 Å². The van der Waals surface area contributed by atoms with Crippen LogP contribution in [0.1, 0.15) is 0 Å². The molecule has 0 aliphatic rings. The number of carbonyl (C=O) groups is 1. The van der Waals surface area contributed by atoms with Gasteiger partial charge in [0.15, 0.2) is 0 Å². The molecule has 4 heteroatoms. The number of amides is 2. The monoisotopic (exact) mass is 274 g/mol. The van der Waals surface area contributed by atoms with Crippen LogP contribution in [0.3, 0.4) is 0 Å².